The zero-order valence-electron chi connectivity index (χ0n) is 34.2. The van der Waals surface area contributed by atoms with Crippen LogP contribution in [0.4, 0.5) is 24.7 Å². The Morgan fingerprint density at radius 3 is 1.80 bits per heavy atom. The molecule has 0 atom stereocenters. The van der Waals surface area contributed by atoms with Gasteiger partial charge in [-0.05, 0) is 78.4 Å². The van der Waals surface area contributed by atoms with Crippen LogP contribution in [0.3, 0.4) is 0 Å². The Kier molecular flexibility index (Phi) is 11.4. The second kappa shape index (κ2) is 17.3. The number of aromatic nitrogens is 4. The molecule has 4 aliphatic heterocycles. The van der Waals surface area contributed by atoms with Gasteiger partial charge in [0.05, 0.1) is 46.9 Å². The Morgan fingerprint density at radius 1 is 0.623 bits per heavy atom. The van der Waals surface area contributed by atoms with Crippen LogP contribution >= 0.6 is 38.6 Å². The first kappa shape index (κ1) is 40.4. The topological polar surface area (TPSA) is 75.8 Å². The van der Waals surface area contributed by atoms with E-state index < -0.39 is 0 Å². The fourth-order valence-electron chi connectivity index (χ4n) is 9.02. The Balaban J connectivity index is 0.000000121. The van der Waals surface area contributed by atoms with E-state index in [2.05, 4.69) is 94.5 Å². The third-order valence-corrected chi connectivity index (χ3v) is 14.9. The highest BCUT2D eigenvalue weighted by Crippen LogP contribution is 2.37. The smallest absolute Gasteiger partial charge is 0.186 e. The van der Waals surface area contributed by atoms with Crippen LogP contribution in [-0.4, -0.2) is 84.8 Å². The number of halogens is 3. The van der Waals surface area contributed by atoms with Crippen molar-refractivity contribution in [1.29, 1.82) is 0 Å². The van der Waals surface area contributed by atoms with Gasteiger partial charge >= 0.3 is 0 Å². The van der Waals surface area contributed by atoms with Crippen LogP contribution < -0.4 is 20.0 Å². The summed E-state index contributed by atoms with van der Waals surface area (Å²) in [6.07, 6.45) is 1.99. The lowest BCUT2D eigenvalue weighted by Gasteiger charge is -2.30. The fourth-order valence-corrected chi connectivity index (χ4v) is 11.6. The second-order valence-electron chi connectivity index (χ2n) is 15.8. The highest BCUT2D eigenvalue weighted by Gasteiger charge is 2.25. The molecule has 0 radical (unpaired) electrons. The molecule has 316 valence electrons. The monoisotopic (exact) mass is 924 g/mol. The summed E-state index contributed by atoms with van der Waals surface area (Å²) in [5.74, 6) is -0.323. The SMILES string of the molecule is Brc1ccc2nc(N3CCOCC3)sc2c1.Cn1c2c(c3cc(F)ccc31)CN(c1ccc3nc(N4CCOCC4)sc3c1)CC2.Cn1c2c(c3cc(F)ccc31)CNCC2. The molecule has 0 saturated carbocycles. The Morgan fingerprint density at radius 2 is 1.18 bits per heavy atom. The van der Waals surface area contributed by atoms with E-state index in [4.69, 9.17) is 14.5 Å². The molecule has 0 amide bonds. The van der Waals surface area contributed by atoms with Crippen LogP contribution in [0.25, 0.3) is 42.2 Å². The van der Waals surface area contributed by atoms with Gasteiger partial charge in [-0.3, -0.25) is 0 Å². The first-order valence-corrected chi connectivity index (χ1v) is 23.3. The number of hydrogen-bond donors (Lipinski definition) is 1. The number of ether oxygens (including phenoxy) is 2. The number of aryl methyl sites for hydroxylation is 2. The number of rotatable bonds is 3. The molecule has 2 fully saturated rings. The quantitative estimate of drug-likeness (QED) is 0.188. The first-order chi connectivity index (χ1) is 29.8. The first-order valence-electron chi connectivity index (χ1n) is 20.9. The number of morpholine rings is 2. The van der Waals surface area contributed by atoms with Crippen LogP contribution in [0.15, 0.2) is 77.3 Å². The third kappa shape index (κ3) is 8.12. The van der Waals surface area contributed by atoms with Gasteiger partial charge in [0.2, 0.25) is 0 Å². The molecule has 0 bridgehead atoms. The van der Waals surface area contributed by atoms with Crippen molar-refractivity contribution in [3.63, 3.8) is 0 Å². The molecule has 12 rings (SSSR count). The van der Waals surface area contributed by atoms with Gasteiger partial charge in [0.25, 0.3) is 0 Å². The van der Waals surface area contributed by atoms with E-state index in [1.807, 2.05) is 18.2 Å². The average Bonchev–Trinajstić information content (AvgIpc) is 4.06. The van der Waals surface area contributed by atoms with Crippen LogP contribution in [0, 0.1) is 11.6 Å². The number of thiazole rings is 2. The molecular formula is C46H47BrF2N8O2S2. The zero-order chi connectivity index (χ0) is 41.6. The van der Waals surface area contributed by atoms with E-state index >= 15 is 0 Å². The van der Waals surface area contributed by atoms with E-state index in [0.717, 1.165) is 139 Å². The van der Waals surface area contributed by atoms with Crippen LogP contribution in [0.1, 0.15) is 22.5 Å². The summed E-state index contributed by atoms with van der Waals surface area (Å²) in [6, 6.07) is 22.9. The van der Waals surface area contributed by atoms with Crippen molar-refractivity contribution in [2.45, 2.75) is 25.9 Å². The van der Waals surface area contributed by atoms with Gasteiger partial charge in [-0.25, -0.2) is 18.7 Å². The van der Waals surface area contributed by atoms with Gasteiger partial charge in [0.1, 0.15) is 11.6 Å². The van der Waals surface area contributed by atoms with Crippen molar-refractivity contribution in [3.8, 4) is 0 Å². The predicted octanol–water partition coefficient (Wildman–Crippen LogP) is 9.18. The summed E-state index contributed by atoms with van der Waals surface area (Å²) in [7, 11) is 4.15. The highest BCUT2D eigenvalue weighted by atomic mass is 79.9. The summed E-state index contributed by atoms with van der Waals surface area (Å²) in [5.41, 5.74) is 10.7. The van der Waals surface area contributed by atoms with Crippen LogP contribution in [0.5, 0.6) is 0 Å². The molecule has 4 aromatic carbocycles. The number of fused-ring (bicyclic) bond motifs is 8. The molecule has 8 aromatic rings. The van der Waals surface area contributed by atoms with Gasteiger partial charge in [-0.1, -0.05) is 38.6 Å². The minimum atomic E-state index is -0.172. The maximum atomic E-state index is 13.9. The van der Waals surface area contributed by atoms with Crippen molar-refractivity contribution < 1.29 is 18.3 Å². The molecule has 0 spiro atoms. The minimum absolute atomic E-state index is 0.151. The van der Waals surface area contributed by atoms with Gasteiger partial charge in [-0.15, -0.1) is 0 Å². The van der Waals surface area contributed by atoms with E-state index in [1.54, 1.807) is 40.9 Å². The molecule has 1 N–H and O–H groups in total. The van der Waals surface area contributed by atoms with Crippen LogP contribution in [0.2, 0.25) is 0 Å². The van der Waals surface area contributed by atoms with E-state index in [9.17, 15) is 8.78 Å². The Hall–Kier alpha value is -4.64. The number of nitrogens with zero attached hydrogens (tertiary/aromatic N) is 7. The van der Waals surface area contributed by atoms with Crippen molar-refractivity contribution >= 4 is 96.8 Å². The molecule has 4 aromatic heterocycles. The van der Waals surface area contributed by atoms with Gasteiger partial charge in [0.15, 0.2) is 10.3 Å². The number of nitrogens with one attached hydrogen (secondary N) is 1. The average molecular weight is 926 g/mol. The van der Waals surface area contributed by atoms with Gasteiger partial charge in [0, 0.05) is 128 Å². The summed E-state index contributed by atoms with van der Waals surface area (Å²) in [6.45, 7) is 10.5. The molecule has 15 heteroatoms. The minimum Gasteiger partial charge on any atom is -0.378 e. The maximum absolute atomic E-state index is 13.9. The lowest BCUT2D eigenvalue weighted by molar-refractivity contribution is 0.122. The number of hydrogen-bond acceptors (Lipinski definition) is 10. The number of benzene rings is 4. The van der Waals surface area contributed by atoms with Gasteiger partial charge < -0.3 is 38.6 Å². The molecule has 4 aliphatic rings. The van der Waals surface area contributed by atoms with Gasteiger partial charge in [-0.2, -0.15) is 0 Å². The fraction of sp³-hybridized carbons (Fsp3) is 0.348. The summed E-state index contributed by atoms with van der Waals surface area (Å²) >= 11 is 6.99. The van der Waals surface area contributed by atoms with E-state index in [0.29, 0.717) is 0 Å². The highest BCUT2D eigenvalue weighted by molar-refractivity contribution is 9.10. The maximum Gasteiger partial charge on any atom is 0.186 e. The van der Waals surface area contributed by atoms with E-state index in [1.165, 1.54) is 43.7 Å². The molecular weight excluding hydrogens is 879 g/mol. The Bertz CT molecular complexity index is 2880. The Labute approximate surface area is 369 Å². The normalized spacial score (nSPS) is 16.7. The van der Waals surface area contributed by atoms with Crippen molar-refractivity contribution in [2.24, 2.45) is 14.1 Å². The predicted molar refractivity (Wildman–Crippen MR) is 249 cm³/mol. The summed E-state index contributed by atoms with van der Waals surface area (Å²) in [4.78, 5) is 16.5. The molecule has 0 unspecified atom stereocenters. The zero-order valence-corrected chi connectivity index (χ0v) is 37.4. The third-order valence-electron chi connectivity index (χ3n) is 12.2. The molecule has 8 heterocycles. The summed E-state index contributed by atoms with van der Waals surface area (Å²) in [5, 5.41) is 7.61. The lowest BCUT2D eigenvalue weighted by Crippen LogP contribution is -2.36. The lowest BCUT2D eigenvalue weighted by atomic mass is 10.0. The van der Waals surface area contributed by atoms with E-state index in [-0.39, 0.29) is 11.6 Å². The molecule has 2 saturated heterocycles. The van der Waals surface area contributed by atoms with Crippen molar-refractivity contribution in [3.05, 3.63) is 111 Å². The molecule has 10 nitrogen and oxygen atoms in total. The second-order valence-corrected chi connectivity index (χ2v) is 18.8. The standard InChI is InChI=1S/C23H23FN4OS.C12H13FN2.C11H11BrN2OS/c1-26-20-5-2-15(24)12-17(20)18-14-28(7-6-21(18)26)16-3-4-19-22(13-16)30-23(25-19)27-8-10-29-11-9-27;1-15-11-3-2-8(13)6-9(11)10-7-14-5-4-12(10)15;12-8-1-2-9-10(7-8)16-11(13-9)14-3-5-15-6-4-14/h2-5,12-13H,6-11,14H2,1H3;2-3,6,14H,4-5,7H2,1H3;1-2,7H,3-6H2. The van der Waals surface area contributed by atoms with Crippen molar-refractivity contribution in [2.75, 3.05) is 80.4 Å². The van der Waals surface area contributed by atoms with Crippen molar-refractivity contribution in [1.82, 2.24) is 24.4 Å². The number of anilines is 3. The molecule has 0 aliphatic carbocycles. The largest absolute Gasteiger partial charge is 0.378 e. The summed E-state index contributed by atoms with van der Waals surface area (Å²) < 4.78 is 45.9. The molecule has 61 heavy (non-hydrogen) atoms. The van der Waals surface area contributed by atoms with Crippen LogP contribution in [-0.2, 0) is 49.5 Å².